The SMILES string of the molecule is COc1ccc(-c2coc3c(O)c(O[C@@H]4O[C@H](CO[C@@H]5O[C@@H](C)[C@H](O)[C@@H](O)[C@H]5O)[C@@H](O)[C@H](O)[C@H]4O)ccc3c2=O)cc1. The number of benzene rings is 2. The summed E-state index contributed by atoms with van der Waals surface area (Å²) in [5.41, 5.74) is 0.190. The second-order valence-electron chi connectivity index (χ2n) is 10.1. The first-order valence-corrected chi connectivity index (χ1v) is 13.1. The second kappa shape index (κ2) is 12.1. The number of fused-ring (bicyclic) bond motifs is 1. The van der Waals surface area contributed by atoms with E-state index in [9.17, 15) is 40.5 Å². The molecule has 0 bridgehead atoms. The topological polar surface area (TPSA) is 218 Å². The van der Waals surface area contributed by atoms with Gasteiger partial charge in [-0.05, 0) is 36.8 Å². The normalized spacial score (nSPS) is 33.4. The number of phenolic OH excluding ortho intramolecular Hbond substituents is 1. The summed E-state index contributed by atoms with van der Waals surface area (Å²) >= 11 is 0. The predicted octanol–water partition coefficient (Wildman–Crippen LogP) is -0.795. The number of ether oxygens (including phenoxy) is 5. The summed E-state index contributed by atoms with van der Waals surface area (Å²) in [6, 6.07) is 9.35. The molecule has 2 aliphatic heterocycles. The molecule has 0 spiro atoms. The first kappa shape index (κ1) is 30.2. The minimum atomic E-state index is -1.77. The van der Waals surface area contributed by atoms with Gasteiger partial charge in [0.05, 0.1) is 30.8 Å². The van der Waals surface area contributed by atoms with Crippen molar-refractivity contribution in [1.29, 1.82) is 0 Å². The van der Waals surface area contributed by atoms with Crippen LogP contribution in [0.1, 0.15) is 6.92 Å². The number of aliphatic hydroxyl groups is 6. The fourth-order valence-electron chi connectivity index (χ4n) is 4.85. The van der Waals surface area contributed by atoms with Crippen molar-refractivity contribution in [1.82, 2.24) is 0 Å². The van der Waals surface area contributed by atoms with E-state index in [1.165, 1.54) is 32.4 Å². The first-order valence-electron chi connectivity index (χ1n) is 13.1. The molecule has 42 heavy (non-hydrogen) atoms. The van der Waals surface area contributed by atoms with E-state index in [4.69, 9.17) is 28.1 Å². The van der Waals surface area contributed by atoms with Gasteiger partial charge in [-0.15, -0.1) is 0 Å². The van der Waals surface area contributed by atoms with Gasteiger partial charge in [-0.1, -0.05) is 12.1 Å². The lowest BCUT2D eigenvalue weighted by molar-refractivity contribution is -0.318. The van der Waals surface area contributed by atoms with Gasteiger partial charge in [-0.3, -0.25) is 4.79 Å². The predicted molar refractivity (Wildman–Crippen MR) is 142 cm³/mol. The maximum absolute atomic E-state index is 13.2. The molecule has 0 aliphatic carbocycles. The van der Waals surface area contributed by atoms with Gasteiger partial charge < -0.3 is 63.8 Å². The average Bonchev–Trinajstić information content (AvgIpc) is 2.99. The van der Waals surface area contributed by atoms with Crippen LogP contribution < -0.4 is 14.9 Å². The number of hydrogen-bond donors (Lipinski definition) is 7. The van der Waals surface area contributed by atoms with Crippen LogP contribution >= 0.6 is 0 Å². The third-order valence-corrected chi connectivity index (χ3v) is 7.42. The molecule has 5 rings (SSSR count). The lowest BCUT2D eigenvalue weighted by Gasteiger charge is -2.42. The van der Waals surface area contributed by atoms with Crippen LogP contribution in [0.25, 0.3) is 22.1 Å². The summed E-state index contributed by atoms with van der Waals surface area (Å²) in [6.45, 7) is 0.971. The summed E-state index contributed by atoms with van der Waals surface area (Å²) in [4.78, 5) is 13.2. The van der Waals surface area contributed by atoms with E-state index in [-0.39, 0.29) is 22.3 Å². The van der Waals surface area contributed by atoms with Crippen molar-refractivity contribution >= 4 is 11.0 Å². The van der Waals surface area contributed by atoms with Crippen LogP contribution in [0, 0.1) is 0 Å². The fourth-order valence-corrected chi connectivity index (χ4v) is 4.85. The maximum atomic E-state index is 13.2. The zero-order chi connectivity index (χ0) is 30.3. The van der Waals surface area contributed by atoms with E-state index in [0.29, 0.717) is 11.3 Å². The van der Waals surface area contributed by atoms with Crippen molar-refractivity contribution < 1.29 is 63.8 Å². The number of hydrogen-bond acceptors (Lipinski definition) is 14. The minimum Gasteiger partial charge on any atom is -0.502 e. The fraction of sp³-hybridized carbons (Fsp3) is 0.464. The van der Waals surface area contributed by atoms with Crippen LogP contribution in [-0.2, 0) is 14.2 Å². The zero-order valence-electron chi connectivity index (χ0n) is 22.5. The van der Waals surface area contributed by atoms with E-state index in [0.717, 1.165) is 0 Å². The smallest absolute Gasteiger partial charge is 0.229 e. The highest BCUT2D eigenvalue weighted by Gasteiger charge is 2.47. The maximum Gasteiger partial charge on any atom is 0.229 e. The Hall–Kier alpha value is -3.31. The molecule has 2 aromatic carbocycles. The lowest BCUT2D eigenvalue weighted by Crippen LogP contribution is -2.61. The molecule has 7 N–H and O–H groups in total. The molecule has 0 amide bonds. The summed E-state index contributed by atoms with van der Waals surface area (Å²) in [6.07, 6.45) is -13.8. The third-order valence-electron chi connectivity index (χ3n) is 7.42. The molecular formula is C28H32O14. The highest BCUT2D eigenvalue weighted by Crippen LogP contribution is 2.37. The van der Waals surface area contributed by atoms with Gasteiger partial charge in [-0.25, -0.2) is 0 Å². The van der Waals surface area contributed by atoms with E-state index in [2.05, 4.69) is 0 Å². The highest BCUT2D eigenvalue weighted by molar-refractivity contribution is 5.87. The van der Waals surface area contributed by atoms with E-state index < -0.39 is 79.2 Å². The van der Waals surface area contributed by atoms with Gasteiger partial charge in [-0.2, -0.15) is 0 Å². The third kappa shape index (κ3) is 5.56. The zero-order valence-corrected chi connectivity index (χ0v) is 22.5. The molecule has 3 heterocycles. The molecule has 10 atom stereocenters. The van der Waals surface area contributed by atoms with Crippen molar-refractivity contribution in [2.24, 2.45) is 0 Å². The molecule has 2 fully saturated rings. The Labute approximate surface area is 238 Å². The molecule has 3 aromatic rings. The molecule has 2 aliphatic rings. The van der Waals surface area contributed by atoms with Crippen LogP contribution in [0.5, 0.6) is 17.2 Å². The largest absolute Gasteiger partial charge is 0.502 e. The van der Waals surface area contributed by atoms with Crippen LogP contribution in [0.15, 0.2) is 51.9 Å². The first-order chi connectivity index (χ1) is 20.0. The summed E-state index contributed by atoms with van der Waals surface area (Å²) < 4.78 is 32.7. The Morgan fingerprint density at radius 3 is 2.17 bits per heavy atom. The van der Waals surface area contributed by atoms with Crippen LogP contribution in [0.2, 0.25) is 0 Å². The Kier molecular flexibility index (Phi) is 8.71. The standard InChI is InChI=1S/C28H32O14/c1-11-18(29)22(33)24(35)27(40-11)39-10-17-20(31)23(34)25(36)28(42-17)41-16-8-7-14-19(30)15(9-38-26(14)21(16)32)12-3-5-13(37-2)6-4-12/h3-9,11,17-18,20,22-25,27-29,31-36H,10H2,1-2H3/t11-,17+,18-,20+,22+,23-,24+,25+,27+,28+/m0/s1. The molecule has 228 valence electrons. The number of aromatic hydroxyl groups is 1. The lowest BCUT2D eigenvalue weighted by atomic mass is 9.98. The van der Waals surface area contributed by atoms with Gasteiger partial charge >= 0.3 is 0 Å². The van der Waals surface area contributed by atoms with E-state index in [1.807, 2.05) is 0 Å². The van der Waals surface area contributed by atoms with Crippen LogP contribution in [-0.4, -0.2) is 111 Å². The highest BCUT2D eigenvalue weighted by atomic mass is 16.7. The quantitative estimate of drug-likeness (QED) is 0.179. The van der Waals surface area contributed by atoms with Crippen LogP contribution in [0.4, 0.5) is 0 Å². The van der Waals surface area contributed by atoms with Crippen molar-refractivity contribution in [3.05, 3.63) is 52.9 Å². The molecule has 0 unspecified atom stereocenters. The Morgan fingerprint density at radius 2 is 1.48 bits per heavy atom. The van der Waals surface area contributed by atoms with Crippen molar-refractivity contribution in [3.8, 4) is 28.4 Å². The van der Waals surface area contributed by atoms with E-state index in [1.54, 1.807) is 24.3 Å². The molecule has 1 aromatic heterocycles. The summed E-state index contributed by atoms with van der Waals surface area (Å²) in [5, 5.41) is 72.2. The minimum absolute atomic E-state index is 0.0487. The van der Waals surface area contributed by atoms with Gasteiger partial charge in [0.1, 0.15) is 54.7 Å². The number of rotatable bonds is 7. The molecule has 2 saturated heterocycles. The molecule has 14 nitrogen and oxygen atoms in total. The Bertz CT molecular complexity index is 1440. The number of phenols is 1. The van der Waals surface area contributed by atoms with Gasteiger partial charge in [0.15, 0.2) is 17.6 Å². The molecule has 0 saturated carbocycles. The molecule has 0 radical (unpaired) electrons. The molecular weight excluding hydrogens is 560 g/mol. The van der Waals surface area contributed by atoms with Gasteiger partial charge in [0, 0.05) is 0 Å². The second-order valence-corrected chi connectivity index (χ2v) is 10.1. The Balaban J connectivity index is 1.33. The number of aliphatic hydroxyl groups excluding tert-OH is 6. The summed E-state index contributed by atoms with van der Waals surface area (Å²) in [5.74, 6) is -0.224. The average molecular weight is 593 g/mol. The van der Waals surface area contributed by atoms with Gasteiger partial charge in [0.25, 0.3) is 0 Å². The van der Waals surface area contributed by atoms with Crippen LogP contribution in [0.3, 0.4) is 0 Å². The van der Waals surface area contributed by atoms with Crippen molar-refractivity contribution in [3.63, 3.8) is 0 Å². The van der Waals surface area contributed by atoms with Crippen molar-refractivity contribution in [2.45, 2.75) is 68.3 Å². The number of methoxy groups -OCH3 is 1. The van der Waals surface area contributed by atoms with Gasteiger partial charge in [0.2, 0.25) is 17.5 Å². The Morgan fingerprint density at radius 1 is 0.810 bits per heavy atom. The summed E-state index contributed by atoms with van der Waals surface area (Å²) in [7, 11) is 1.52. The van der Waals surface area contributed by atoms with E-state index >= 15 is 0 Å². The van der Waals surface area contributed by atoms with Crippen molar-refractivity contribution in [2.75, 3.05) is 13.7 Å². The monoisotopic (exact) mass is 592 g/mol. The molecule has 14 heteroatoms.